The van der Waals surface area contributed by atoms with Crippen LogP contribution >= 0.6 is 11.6 Å². The van der Waals surface area contributed by atoms with Gasteiger partial charge in [0.25, 0.3) is 0 Å². The Kier molecular flexibility index (Phi) is 9.01. The highest BCUT2D eigenvalue weighted by Gasteiger charge is 2.27. The molecule has 206 valence electrons. The molecule has 0 saturated carbocycles. The molecule has 0 aliphatic heterocycles. The van der Waals surface area contributed by atoms with E-state index in [4.69, 9.17) is 16.3 Å². The summed E-state index contributed by atoms with van der Waals surface area (Å²) in [6.07, 6.45) is 1.42. The molecule has 39 heavy (non-hydrogen) atoms. The van der Waals surface area contributed by atoms with Crippen LogP contribution in [0.2, 0.25) is 5.02 Å². The van der Waals surface area contributed by atoms with Gasteiger partial charge in [0, 0.05) is 11.6 Å². The maximum atomic E-state index is 13.4. The highest BCUT2D eigenvalue weighted by molar-refractivity contribution is 7.89. The van der Waals surface area contributed by atoms with E-state index >= 15 is 0 Å². The van der Waals surface area contributed by atoms with Crippen molar-refractivity contribution in [2.75, 3.05) is 13.7 Å². The van der Waals surface area contributed by atoms with E-state index in [1.165, 1.54) is 11.0 Å². The number of aliphatic hydroxyl groups excluding tert-OH is 1. The molecule has 0 radical (unpaired) electrons. The van der Waals surface area contributed by atoms with E-state index < -0.39 is 16.1 Å². The van der Waals surface area contributed by atoms with Gasteiger partial charge in [-0.1, -0.05) is 41.9 Å². The van der Waals surface area contributed by atoms with Gasteiger partial charge >= 0.3 is 0 Å². The highest BCUT2D eigenvalue weighted by atomic mass is 35.5. The zero-order valence-corrected chi connectivity index (χ0v) is 23.9. The number of aromatic nitrogens is 4. The number of benzene rings is 3. The summed E-state index contributed by atoms with van der Waals surface area (Å²) in [5, 5.41) is 23.4. The number of hydrogen-bond acceptors (Lipinski definition) is 7. The number of ether oxygens (including phenoxy) is 1. The Hall–Kier alpha value is -3.31. The molecule has 0 bridgehead atoms. The third-order valence-corrected chi connectivity index (χ3v) is 8.90. The number of hydrogen-bond donors (Lipinski definition) is 2. The minimum Gasteiger partial charge on any atom is -0.496 e. The number of tetrazole rings is 1. The lowest BCUT2D eigenvalue weighted by Gasteiger charge is -2.25. The molecule has 4 rings (SSSR count). The Labute approximate surface area is 233 Å². The summed E-state index contributed by atoms with van der Waals surface area (Å²) >= 11 is 6.33. The molecule has 11 heteroatoms. The zero-order chi connectivity index (χ0) is 28.2. The van der Waals surface area contributed by atoms with E-state index in [9.17, 15) is 13.5 Å². The van der Waals surface area contributed by atoms with Crippen LogP contribution in [0.5, 0.6) is 5.75 Å². The Morgan fingerprint density at radius 1 is 1.05 bits per heavy atom. The van der Waals surface area contributed by atoms with E-state index in [0.717, 1.165) is 22.4 Å². The fraction of sp³-hybridized carbons (Fsp3) is 0.321. The van der Waals surface area contributed by atoms with E-state index in [1.807, 2.05) is 49.4 Å². The molecule has 2 N–H and O–H groups in total. The molecule has 3 aromatic carbocycles. The fourth-order valence-corrected chi connectivity index (χ4v) is 6.61. The topological polar surface area (TPSA) is 119 Å². The van der Waals surface area contributed by atoms with Crippen LogP contribution in [0.4, 0.5) is 0 Å². The largest absolute Gasteiger partial charge is 0.496 e. The number of rotatable bonds is 11. The average Bonchev–Trinajstić information content (AvgIpc) is 3.44. The molecule has 0 amide bonds. The fourth-order valence-electron chi connectivity index (χ4n) is 4.84. The quantitative estimate of drug-likeness (QED) is 0.280. The molecule has 9 nitrogen and oxygen atoms in total. The van der Waals surface area contributed by atoms with Gasteiger partial charge in [-0.05, 0) is 102 Å². The molecular formula is C28H32ClN5O4S. The van der Waals surface area contributed by atoms with Gasteiger partial charge in [-0.3, -0.25) is 0 Å². The van der Waals surface area contributed by atoms with Crippen LogP contribution < -0.4 is 9.46 Å². The summed E-state index contributed by atoms with van der Waals surface area (Å²) in [6, 6.07) is 16.9. The number of halogens is 1. The van der Waals surface area contributed by atoms with Crippen molar-refractivity contribution in [3.8, 4) is 11.4 Å². The number of nitrogens with one attached hydrogen (secondary N) is 1. The van der Waals surface area contributed by atoms with E-state index in [-0.39, 0.29) is 17.4 Å². The van der Waals surface area contributed by atoms with Crippen molar-refractivity contribution >= 4 is 21.6 Å². The van der Waals surface area contributed by atoms with Gasteiger partial charge in [-0.15, -0.1) is 5.10 Å². The van der Waals surface area contributed by atoms with Gasteiger partial charge in [0.15, 0.2) is 0 Å². The lowest BCUT2D eigenvalue weighted by Crippen LogP contribution is -2.38. The minimum absolute atomic E-state index is 0.162. The van der Waals surface area contributed by atoms with Crippen LogP contribution in [0, 0.1) is 26.7 Å². The van der Waals surface area contributed by atoms with Crippen LogP contribution in [0.15, 0.2) is 65.8 Å². The van der Waals surface area contributed by atoms with Gasteiger partial charge in [0.1, 0.15) is 12.1 Å². The first-order valence-electron chi connectivity index (χ1n) is 12.5. The first kappa shape index (κ1) is 28.7. The first-order valence-corrected chi connectivity index (χ1v) is 14.3. The number of aryl methyl sites for hydroxylation is 1. The summed E-state index contributed by atoms with van der Waals surface area (Å²) in [6.45, 7) is 5.15. The van der Waals surface area contributed by atoms with Gasteiger partial charge in [-0.2, -0.15) is 0 Å². The monoisotopic (exact) mass is 569 g/mol. The molecule has 0 aliphatic rings. The van der Waals surface area contributed by atoms with Crippen molar-refractivity contribution in [3.05, 3.63) is 93.8 Å². The summed E-state index contributed by atoms with van der Waals surface area (Å²) < 4.78 is 36.4. The molecule has 0 fully saturated rings. The molecule has 0 unspecified atom stereocenters. The number of aliphatic hydroxyl groups is 1. The first-order chi connectivity index (χ1) is 18.6. The Morgan fingerprint density at radius 2 is 1.79 bits per heavy atom. The van der Waals surface area contributed by atoms with Crippen molar-refractivity contribution in [1.82, 2.24) is 24.9 Å². The second-order valence-electron chi connectivity index (χ2n) is 9.58. The molecule has 0 saturated heterocycles. The van der Waals surface area contributed by atoms with Crippen molar-refractivity contribution in [2.45, 2.75) is 44.6 Å². The van der Waals surface area contributed by atoms with E-state index in [0.29, 0.717) is 34.7 Å². The van der Waals surface area contributed by atoms with Gasteiger partial charge < -0.3 is 9.84 Å². The molecule has 0 spiro atoms. The maximum absolute atomic E-state index is 13.4. The predicted octanol–water partition coefficient (Wildman–Crippen LogP) is 3.99. The highest BCUT2D eigenvalue weighted by Crippen LogP contribution is 2.31. The summed E-state index contributed by atoms with van der Waals surface area (Å²) in [5.41, 5.74) is 4.52. The second-order valence-corrected chi connectivity index (χ2v) is 11.7. The van der Waals surface area contributed by atoms with E-state index in [1.54, 1.807) is 33.1 Å². The summed E-state index contributed by atoms with van der Waals surface area (Å²) in [4.78, 5) is 0.198. The van der Waals surface area contributed by atoms with Crippen LogP contribution in [0.25, 0.3) is 5.69 Å². The minimum atomic E-state index is -3.91. The Balaban J connectivity index is 1.62. The molecular weight excluding hydrogens is 538 g/mol. The second kappa shape index (κ2) is 12.3. The van der Waals surface area contributed by atoms with E-state index in [2.05, 4.69) is 20.2 Å². The van der Waals surface area contributed by atoms with Gasteiger partial charge in [0.05, 0.1) is 23.8 Å². The lowest BCUT2D eigenvalue weighted by molar-refractivity contribution is 0.111. The molecule has 1 aromatic heterocycles. The number of methoxy groups -OCH3 is 1. The Bertz CT molecular complexity index is 1530. The van der Waals surface area contributed by atoms with Crippen molar-refractivity contribution in [1.29, 1.82) is 0 Å². The predicted molar refractivity (Wildman–Crippen MR) is 150 cm³/mol. The Morgan fingerprint density at radius 3 is 2.46 bits per heavy atom. The van der Waals surface area contributed by atoms with Crippen LogP contribution in [0.1, 0.15) is 27.8 Å². The van der Waals surface area contributed by atoms with Gasteiger partial charge in [0.2, 0.25) is 10.0 Å². The van der Waals surface area contributed by atoms with Crippen molar-refractivity contribution < 1.29 is 18.3 Å². The molecule has 4 aromatic rings. The third kappa shape index (κ3) is 6.65. The summed E-state index contributed by atoms with van der Waals surface area (Å²) in [7, 11) is -2.35. The standard InChI is InChI=1S/C28H32ClN5O4S/c1-18-12-27(38-4)19(2)20(3)28(18)39(36,37)31-16-26(35)23(13-21-8-6-5-7-9-21)14-22-15-24(29)10-11-25(22)34-17-30-32-33-34/h5-12,15,17,23,26,31,35H,13-14,16H2,1-4H3/t23-,26-/m1/s1. The SMILES string of the molecule is COc1cc(C)c(S(=O)(=O)NC[C@@H](O)[C@H](Cc2ccccc2)Cc2cc(Cl)ccc2-n2cnnn2)c(C)c1C. The van der Waals surface area contributed by atoms with Crippen molar-refractivity contribution in [2.24, 2.45) is 5.92 Å². The molecule has 0 aliphatic carbocycles. The zero-order valence-electron chi connectivity index (χ0n) is 22.3. The normalized spacial score (nSPS) is 13.3. The van der Waals surface area contributed by atoms with Gasteiger partial charge in [-0.25, -0.2) is 17.8 Å². The van der Waals surface area contributed by atoms with Crippen molar-refractivity contribution in [3.63, 3.8) is 0 Å². The average molecular weight is 570 g/mol. The van der Waals surface area contributed by atoms with Crippen LogP contribution in [-0.2, 0) is 22.9 Å². The summed E-state index contributed by atoms with van der Waals surface area (Å²) in [5.74, 6) is 0.287. The lowest BCUT2D eigenvalue weighted by atomic mass is 9.87. The maximum Gasteiger partial charge on any atom is 0.241 e. The van der Waals surface area contributed by atoms with Crippen LogP contribution in [-0.4, -0.2) is 53.5 Å². The third-order valence-electron chi connectivity index (χ3n) is 6.95. The smallest absolute Gasteiger partial charge is 0.241 e. The number of sulfonamides is 1. The molecule has 1 heterocycles. The number of nitrogens with zero attached hydrogens (tertiary/aromatic N) is 4. The van der Waals surface area contributed by atoms with Crippen LogP contribution in [0.3, 0.4) is 0 Å². The molecule has 2 atom stereocenters.